The van der Waals surface area contributed by atoms with Gasteiger partial charge in [0, 0.05) is 64.8 Å². The minimum Gasteiger partial charge on any atom is -0.361 e. The Morgan fingerprint density at radius 3 is 2.39 bits per heavy atom. The van der Waals surface area contributed by atoms with Gasteiger partial charge < -0.3 is 20.1 Å². The van der Waals surface area contributed by atoms with Crippen molar-refractivity contribution >= 4 is 29.9 Å². The maximum atomic E-state index is 5.45. The van der Waals surface area contributed by atoms with Crippen molar-refractivity contribution in [2.24, 2.45) is 4.99 Å². The molecule has 0 saturated carbocycles. The van der Waals surface area contributed by atoms with E-state index in [4.69, 9.17) is 4.52 Å². The van der Waals surface area contributed by atoms with Gasteiger partial charge >= 0.3 is 0 Å². The van der Waals surface area contributed by atoms with E-state index < -0.39 is 0 Å². The molecular weight excluding hydrogens is 527 g/mol. The number of unbranched alkanes of at least 4 members (excludes halogenated alkanes) is 1. The van der Waals surface area contributed by atoms with E-state index in [0.29, 0.717) is 6.54 Å². The molecule has 7 nitrogen and oxygen atoms in total. The predicted molar refractivity (Wildman–Crippen MR) is 146 cm³/mol. The van der Waals surface area contributed by atoms with Crippen molar-refractivity contribution in [3.63, 3.8) is 0 Å². The van der Waals surface area contributed by atoms with Crippen molar-refractivity contribution in [3.05, 3.63) is 52.9 Å². The summed E-state index contributed by atoms with van der Waals surface area (Å²) in [5.74, 6) is 1.80. The quantitative estimate of drug-likeness (QED) is 0.187. The fourth-order valence-electron chi connectivity index (χ4n) is 4.21. The molecule has 0 unspecified atom stereocenters. The van der Waals surface area contributed by atoms with Crippen LogP contribution in [0.2, 0.25) is 0 Å². The van der Waals surface area contributed by atoms with E-state index in [1.807, 2.05) is 7.05 Å². The number of aromatic nitrogens is 1. The number of aliphatic imine (C=N–C) groups is 1. The van der Waals surface area contributed by atoms with Gasteiger partial charge in [0.25, 0.3) is 0 Å². The Morgan fingerprint density at radius 1 is 1.00 bits per heavy atom. The number of halogens is 1. The van der Waals surface area contributed by atoms with E-state index in [1.165, 1.54) is 37.2 Å². The van der Waals surface area contributed by atoms with E-state index >= 15 is 0 Å². The molecule has 1 saturated heterocycles. The summed E-state index contributed by atoms with van der Waals surface area (Å²) in [4.78, 5) is 9.51. The highest BCUT2D eigenvalue weighted by Gasteiger charge is 2.16. The Labute approximate surface area is 216 Å². The molecule has 0 bridgehead atoms. The Kier molecular flexibility index (Phi) is 12.8. The second-order valence-corrected chi connectivity index (χ2v) is 8.40. The van der Waals surface area contributed by atoms with E-state index in [9.17, 15) is 0 Å². The van der Waals surface area contributed by atoms with Crippen LogP contribution in [0.5, 0.6) is 0 Å². The first-order valence-electron chi connectivity index (χ1n) is 12.1. The van der Waals surface area contributed by atoms with E-state index in [0.717, 1.165) is 62.9 Å². The van der Waals surface area contributed by atoms with Gasteiger partial charge in [0.15, 0.2) is 5.96 Å². The summed E-state index contributed by atoms with van der Waals surface area (Å²) in [6, 6.07) is 10.8. The molecule has 3 rings (SSSR count). The van der Waals surface area contributed by atoms with Crippen LogP contribution < -0.4 is 10.6 Å². The summed E-state index contributed by atoms with van der Waals surface area (Å²) < 4.78 is 5.45. The third kappa shape index (κ3) is 8.90. The van der Waals surface area contributed by atoms with Crippen molar-refractivity contribution in [1.82, 2.24) is 25.6 Å². The van der Waals surface area contributed by atoms with Gasteiger partial charge in [-0.05, 0) is 31.4 Å². The van der Waals surface area contributed by atoms with Crippen LogP contribution in [0.3, 0.4) is 0 Å². The fraction of sp³-hybridized carbons (Fsp3) is 0.600. The summed E-state index contributed by atoms with van der Waals surface area (Å²) in [5.41, 5.74) is 3.62. The summed E-state index contributed by atoms with van der Waals surface area (Å²) in [5, 5.41) is 11.0. The number of hydrogen-bond acceptors (Lipinski definition) is 5. The van der Waals surface area contributed by atoms with Crippen LogP contribution in [-0.2, 0) is 25.9 Å². The fourth-order valence-corrected chi connectivity index (χ4v) is 4.21. The largest absolute Gasteiger partial charge is 0.361 e. The number of rotatable bonds is 11. The van der Waals surface area contributed by atoms with Crippen LogP contribution in [0.1, 0.15) is 49.3 Å². The highest BCUT2D eigenvalue weighted by atomic mass is 127. The normalized spacial score (nSPS) is 15.3. The zero-order valence-electron chi connectivity index (χ0n) is 20.5. The minimum atomic E-state index is 0. The van der Waals surface area contributed by atoms with Crippen LogP contribution in [0.15, 0.2) is 39.8 Å². The Morgan fingerprint density at radius 2 is 1.73 bits per heavy atom. The summed E-state index contributed by atoms with van der Waals surface area (Å²) in [6.07, 6.45) is 4.08. The lowest BCUT2D eigenvalue weighted by molar-refractivity contribution is 0.126. The van der Waals surface area contributed by atoms with Gasteiger partial charge in [-0.15, -0.1) is 24.0 Å². The lowest BCUT2D eigenvalue weighted by Crippen LogP contribution is -2.46. The van der Waals surface area contributed by atoms with E-state index in [1.54, 1.807) is 0 Å². The van der Waals surface area contributed by atoms with Crippen LogP contribution >= 0.6 is 24.0 Å². The number of aryl methyl sites for hydroxylation is 2. The smallest absolute Gasteiger partial charge is 0.191 e. The molecule has 0 atom stereocenters. The lowest BCUT2D eigenvalue weighted by atomic mass is 10.1. The molecule has 1 fully saturated rings. The number of benzene rings is 1. The van der Waals surface area contributed by atoms with Gasteiger partial charge in [0.05, 0.1) is 5.69 Å². The van der Waals surface area contributed by atoms with Gasteiger partial charge in [0.1, 0.15) is 5.76 Å². The summed E-state index contributed by atoms with van der Waals surface area (Å²) in [7, 11) is 1.82. The van der Waals surface area contributed by atoms with Gasteiger partial charge in [-0.25, -0.2) is 0 Å². The number of nitrogens with one attached hydrogen (secondary N) is 2. The first kappa shape index (κ1) is 27.6. The van der Waals surface area contributed by atoms with Crippen molar-refractivity contribution < 1.29 is 4.52 Å². The summed E-state index contributed by atoms with van der Waals surface area (Å²) in [6.45, 7) is 12.7. The Balaban J connectivity index is 0.00000385. The van der Waals surface area contributed by atoms with Crippen LogP contribution in [0.25, 0.3) is 0 Å². The van der Waals surface area contributed by atoms with E-state index in [-0.39, 0.29) is 24.0 Å². The van der Waals surface area contributed by atoms with Gasteiger partial charge in [-0.1, -0.05) is 49.3 Å². The maximum Gasteiger partial charge on any atom is 0.191 e. The zero-order valence-corrected chi connectivity index (χ0v) is 22.8. The lowest BCUT2D eigenvalue weighted by Gasteiger charge is -2.34. The average molecular weight is 569 g/mol. The minimum absolute atomic E-state index is 0. The molecule has 0 spiro atoms. The predicted octanol–water partition coefficient (Wildman–Crippen LogP) is 3.68. The Bertz CT molecular complexity index is 796. The van der Waals surface area contributed by atoms with Crippen LogP contribution in [0, 0.1) is 0 Å². The molecule has 2 aromatic rings. The van der Waals surface area contributed by atoms with Crippen LogP contribution in [0.4, 0.5) is 0 Å². The third-order valence-electron chi connectivity index (χ3n) is 6.17. The van der Waals surface area contributed by atoms with Gasteiger partial charge in [-0.3, -0.25) is 9.89 Å². The SMILES string of the molecule is CCc1noc(CC)c1CNC(=NC)NCCCCN1CCN(Cc2ccccc2)CC1.I. The van der Waals surface area contributed by atoms with Crippen molar-refractivity contribution in [1.29, 1.82) is 0 Å². The Hall–Kier alpha value is -1.65. The number of hydrogen-bond donors (Lipinski definition) is 2. The molecule has 1 aliphatic heterocycles. The molecule has 0 aliphatic carbocycles. The molecule has 33 heavy (non-hydrogen) atoms. The molecular formula is C25H41IN6O. The monoisotopic (exact) mass is 568 g/mol. The van der Waals surface area contributed by atoms with Crippen molar-refractivity contribution in [3.8, 4) is 0 Å². The highest BCUT2D eigenvalue weighted by molar-refractivity contribution is 14.0. The molecule has 0 amide bonds. The molecule has 1 aromatic heterocycles. The second kappa shape index (κ2) is 15.3. The number of guanidine groups is 1. The molecule has 2 N–H and O–H groups in total. The van der Waals surface area contributed by atoms with E-state index in [2.05, 4.69) is 74.8 Å². The maximum absolute atomic E-state index is 5.45. The van der Waals surface area contributed by atoms with Gasteiger partial charge in [-0.2, -0.15) is 0 Å². The third-order valence-corrected chi connectivity index (χ3v) is 6.17. The molecule has 8 heteroatoms. The standard InChI is InChI=1S/C25H40N6O.HI/c1-4-23-22(24(5-2)32-29-23)19-28-25(26-3)27-13-9-10-14-30-15-17-31(18-16-30)20-21-11-7-6-8-12-21;/h6-8,11-12H,4-5,9-10,13-20H2,1-3H3,(H2,26,27,28);1H. The van der Waals surface area contributed by atoms with Crippen molar-refractivity contribution in [2.45, 2.75) is 52.6 Å². The molecule has 184 valence electrons. The first-order chi connectivity index (χ1) is 15.7. The van der Waals surface area contributed by atoms with Crippen LogP contribution in [-0.4, -0.2) is 67.2 Å². The highest BCUT2D eigenvalue weighted by Crippen LogP contribution is 2.15. The molecule has 0 radical (unpaired) electrons. The number of nitrogens with zero attached hydrogens (tertiary/aromatic N) is 4. The molecule has 2 heterocycles. The first-order valence-corrected chi connectivity index (χ1v) is 12.1. The topological polar surface area (TPSA) is 68.9 Å². The second-order valence-electron chi connectivity index (χ2n) is 8.40. The zero-order chi connectivity index (χ0) is 22.6. The number of piperazine rings is 1. The summed E-state index contributed by atoms with van der Waals surface area (Å²) >= 11 is 0. The average Bonchev–Trinajstić information content (AvgIpc) is 3.24. The van der Waals surface area contributed by atoms with Gasteiger partial charge in [0.2, 0.25) is 0 Å². The van der Waals surface area contributed by atoms with Crippen molar-refractivity contribution in [2.75, 3.05) is 46.3 Å². The molecule has 1 aliphatic rings. The molecule has 1 aromatic carbocycles.